The van der Waals surface area contributed by atoms with Crippen LogP contribution in [-0.2, 0) is 4.79 Å². The number of halogens is 2. The van der Waals surface area contributed by atoms with E-state index in [1.54, 1.807) is 0 Å². The Morgan fingerprint density at radius 2 is 1.82 bits per heavy atom. The molecule has 0 bridgehead atoms. The molecule has 0 aliphatic heterocycles. The molecule has 0 saturated carbocycles. The third kappa shape index (κ3) is 7.34. The number of benzene rings is 1. The van der Waals surface area contributed by atoms with Crippen LogP contribution in [0.25, 0.3) is 0 Å². The second kappa shape index (κ2) is 10.7. The van der Waals surface area contributed by atoms with E-state index in [4.69, 9.17) is 5.73 Å². The van der Waals surface area contributed by atoms with Crippen molar-refractivity contribution in [3.8, 4) is 0 Å². The second-order valence-electron chi connectivity index (χ2n) is 5.98. The van der Waals surface area contributed by atoms with Gasteiger partial charge >= 0.3 is 0 Å². The van der Waals surface area contributed by atoms with E-state index in [-0.39, 0.29) is 30.7 Å². The Morgan fingerprint density at radius 1 is 1.23 bits per heavy atom. The quantitative estimate of drug-likeness (QED) is 0.823. The summed E-state index contributed by atoms with van der Waals surface area (Å²) in [6.45, 7) is 8.38. The maximum atomic E-state index is 12.0. The number of carbonyl (C=O) groups excluding carboxylic acids is 1. The molecule has 1 aromatic carbocycles. The molecule has 3 N–H and O–H groups in total. The van der Waals surface area contributed by atoms with Gasteiger partial charge in [0.15, 0.2) is 0 Å². The maximum Gasteiger partial charge on any atom is 0.241 e. The van der Waals surface area contributed by atoms with Crippen molar-refractivity contribution in [1.29, 1.82) is 0 Å². The molecule has 0 saturated heterocycles. The Bertz CT molecular complexity index is 453. The summed E-state index contributed by atoms with van der Waals surface area (Å²) < 4.78 is 0. The van der Waals surface area contributed by atoms with Gasteiger partial charge in [-0.05, 0) is 44.4 Å². The van der Waals surface area contributed by atoms with E-state index in [0.717, 1.165) is 11.4 Å². The number of carbonyl (C=O) groups is 1. The van der Waals surface area contributed by atoms with Crippen molar-refractivity contribution < 1.29 is 4.79 Å². The molecule has 1 atom stereocenters. The van der Waals surface area contributed by atoms with Gasteiger partial charge in [0.05, 0.1) is 6.04 Å². The number of hydrogen-bond donors (Lipinski definition) is 2. The molecule has 0 fully saturated rings. The largest absolute Gasteiger partial charge is 0.372 e. The fourth-order valence-electron chi connectivity index (χ4n) is 1.95. The first kappa shape index (κ1) is 23.3. The molecular formula is C16H29Cl2N3O. The first-order chi connectivity index (χ1) is 9.31. The second-order valence-corrected chi connectivity index (χ2v) is 5.98. The van der Waals surface area contributed by atoms with Crippen molar-refractivity contribution in [2.45, 2.75) is 46.2 Å². The highest BCUT2D eigenvalue weighted by molar-refractivity contribution is 5.95. The molecule has 1 aromatic rings. The molecule has 0 aromatic heterocycles. The van der Waals surface area contributed by atoms with E-state index < -0.39 is 6.04 Å². The van der Waals surface area contributed by atoms with Gasteiger partial charge in [-0.15, -0.1) is 24.8 Å². The van der Waals surface area contributed by atoms with E-state index in [9.17, 15) is 4.79 Å². The number of nitrogens with one attached hydrogen (secondary N) is 1. The van der Waals surface area contributed by atoms with Crippen LogP contribution in [0.4, 0.5) is 11.4 Å². The highest BCUT2D eigenvalue weighted by atomic mass is 35.5. The topological polar surface area (TPSA) is 58.4 Å². The van der Waals surface area contributed by atoms with Crippen molar-refractivity contribution in [3.63, 3.8) is 0 Å². The average Bonchev–Trinajstić information content (AvgIpc) is 2.37. The standard InChI is InChI=1S/C16H27N3O.2ClH/c1-11(2)9-15(17)16(20)18-13-7-6-8-14(10-13)19(5)12(3)4;;/h6-8,10-12,15H,9,17H2,1-5H3,(H,18,20);2*1H/t15-;;/m0../s1. The third-order valence-electron chi connectivity index (χ3n) is 3.36. The number of anilines is 2. The normalized spacial score (nSPS) is 11.5. The Kier molecular flexibility index (Phi) is 11.3. The van der Waals surface area contributed by atoms with Crippen LogP contribution in [0.5, 0.6) is 0 Å². The Hall–Kier alpha value is -0.970. The van der Waals surface area contributed by atoms with Gasteiger partial charge in [-0.25, -0.2) is 0 Å². The number of rotatable bonds is 6. The molecular weight excluding hydrogens is 321 g/mol. The molecule has 0 heterocycles. The zero-order valence-electron chi connectivity index (χ0n) is 14.0. The molecule has 4 nitrogen and oxygen atoms in total. The third-order valence-corrected chi connectivity index (χ3v) is 3.36. The molecule has 6 heteroatoms. The SMILES string of the molecule is CC(C)C[C@H](N)C(=O)Nc1cccc(N(C)C(C)C)c1.Cl.Cl. The van der Waals surface area contributed by atoms with Crippen LogP contribution < -0.4 is 16.0 Å². The summed E-state index contributed by atoms with van der Waals surface area (Å²) in [5.74, 6) is 0.289. The van der Waals surface area contributed by atoms with Crippen LogP contribution in [0.1, 0.15) is 34.1 Å². The summed E-state index contributed by atoms with van der Waals surface area (Å²) in [5, 5.41) is 2.89. The van der Waals surface area contributed by atoms with Crippen molar-refractivity contribution in [1.82, 2.24) is 0 Å². The van der Waals surface area contributed by atoms with Crippen LogP contribution in [0.2, 0.25) is 0 Å². The molecule has 22 heavy (non-hydrogen) atoms. The van der Waals surface area contributed by atoms with Crippen LogP contribution >= 0.6 is 24.8 Å². The first-order valence-electron chi connectivity index (χ1n) is 7.20. The number of nitrogens with two attached hydrogens (primary N) is 1. The Balaban J connectivity index is 0. The number of hydrogen-bond acceptors (Lipinski definition) is 3. The summed E-state index contributed by atoms with van der Waals surface area (Å²) in [7, 11) is 2.04. The minimum atomic E-state index is -0.457. The lowest BCUT2D eigenvalue weighted by atomic mass is 10.0. The molecule has 0 radical (unpaired) electrons. The summed E-state index contributed by atoms with van der Waals surface area (Å²) in [4.78, 5) is 14.2. The van der Waals surface area contributed by atoms with Gasteiger partial charge in [-0.3, -0.25) is 4.79 Å². The summed E-state index contributed by atoms with van der Waals surface area (Å²) >= 11 is 0. The smallest absolute Gasteiger partial charge is 0.241 e. The predicted molar refractivity (Wildman–Crippen MR) is 101 cm³/mol. The van der Waals surface area contributed by atoms with Gasteiger partial charge in [-0.1, -0.05) is 19.9 Å². The van der Waals surface area contributed by atoms with Gasteiger partial charge < -0.3 is 16.0 Å². The fourth-order valence-corrected chi connectivity index (χ4v) is 1.95. The molecule has 0 spiro atoms. The first-order valence-corrected chi connectivity index (χ1v) is 7.20. The van der Waals surface area contributed by atoms with Crippen LogP contribution in [-0.4, -0.2) is 25.0 Å². The van der Waals surface area contributed by atoms with E-state index in [0.29, 0.717) is 18.4 Å². The molecule has 128 valence electrons. The predicted octanol–water partition coefficient (Wildman–Crippen LogP) is 3.69. The summed E-state index contributed by atoms with van der Waals surface area (Å²) in [6, 6.07) is 7.78. The molecule has 1 amide bonds. The lowest BCUT2D eigenvalue weighted by Gasteiger charge is -2.24. The lowest BCUT2D eigenvalue weighted by Crippen LogP contribution is -2.36. The van der Waals surface area contributed by atoms with Crippen molar-refractivity contribution in [3.05, 3.63) is 24.3 Å². The maximum absolute atomic E-state index is 12.0. The van der Waals surface area contributed by atoms with Crippen LogP contribution in [0.15, 0.2) is 24.3 Å². The highest BCUT2D eigenvalue weighted by Gasteiger charge is 2.15. The summed E-state index contributed by atoms with van der Waals surface area (Å²) in [5.41, 5.74) is 7.76. The minimum absolute atomic E-state index is 0. The minimum Gasteiger partial charge on any atom is -0.372 e. The zero-order chi connectivity index (χ0) is 15.3. The lowest BCUT2D eigenvalue weighted by molar-refractivity contribution is -0.117. The van der Waals surface area contributed by atoms with Gasteiger partial charge in [0.2, 0.25) is 5.91 Å². The Labute approximate surface area is 146 Å². The van der Waals surface area contributed by atoms with Crippen molar-refractivity contribution in [2.24, 2.45) is 11.7 Å². The van der Waals surface area contributed by atoms with Crippen molar-refractivity contribution >= 4 is 42.1 Å². The Morgan fingerprint density at radius 3 is 2.32 bits per heavy atom. The van der Waals surface area contributed by atoms with E-state index >= 15 is 0 Å². The number of amides is 1. The van der Waals surface area contributed by atoms with Crippen molar-refractivity contribution in [2.75, 3.05) is 17.3 Å². The molecule has 1 rings (SSSR count). The van der Waals surface area contributed by atoms with Gasteiger partial charge in [-0.2, -0.15) is 0 Å². The fraction of sp³-hybridized carbons (Fsp3) is 0.562. The van der Waals surface area contributed by atoms with Crippen LogP contribution in [0.3, 0.4) is 0 Å². The summed E-state index contributed by atoms with van der Waals surface area (Å²) in [6.07, 6.45) is 0.692. The average molecular weight is 350 g/mol. The zero-order valence-corrected chi connectivity index (χ0v) is 15.6. The van der Waals surface area contributed by atoms with E-state index in [2.05, 4.69) is 37.9 Å². The molecule has 0 unspecified atom stereocenters. The van der Waals surface area contributed by atoms with Gasteiger partial charge in [0.1, 0.15) is 0 Å². The van der Waals surface area contributed by atoms with E-state index in [1.165, 1.54) is 0 Å². The van der Waals surface area contributed by atoms with Crippen LogP contribution in [0, 0.1) is 5.92 Å². The number of nitrogens with zero attached hydrogens (tertiary/aromatic N) is 1. The van der Waals surface area contributed by atoms with Gasteiger partial charge in [0.25, 0.3) is 0 Å². The van der Waals surface area contributed by atoms with E-state index in [1.807, 2.05) is 31.3 Å². The molecule has 0 aliphatic rings. The van der Waals surface area contributed by atoms with Gasteiger partial charge in [0, 0.05) is 24.5 Å². The highest BCUT2D eigenvalue weighted by Crippen LogP contribution is 2.20. The molecule has 0 aliphatic carbocycles. The monoisotopic (exact) mass is 349 g/mol.